The van der Waals surface area contributed by atoms with Crippen LogP contribution in [0.3, 0.4) is 0 Å². The van der Waals surface area contributed by atoms with Gasteiger partial charge in [0, 0.05) is 24.2 Å². The lowest BCUT2D eigenvalue weighted by atomic mass is 9.98. The number of piperidine rings is 1. The lowest BCUT2D eigenvalue weighted by Gasteiger charge is -2.30. The maximum absolute atomic E-state index is 12.5. The number of carbonyl (C=O) groups is 1. The second-order valence-electron chi connectivity index (χ2n) is 5.75. The van der Waals surface area contributed by atoms with Crippen LogP contribution in [0, 0.1) is 12.8 Å². The van der Waals surface area contributed by atoms with Crippen LogP contribution in [-0.4, -0.2) is 45.1 Å². The van der Waals surface area contributed by atoms with Gasteiger partial charge >= 0.3 is 0 Å². The third-order valence-electron chi connectivity index (χ3n) is 3.96. The van der Waals surface area contributed by atoms with Crippen molar-refractivity contribution in [2.24, 2.45) is 5.92 Å². The summed E-state index contributed by atoms with van der Waals surface area (Å²) >= 11 is 6.05. The molecular weight excluding hydrogens is 340 g/mol. The van der Waals surface area contributed by atoms with Crippen molar-refractivity contribution in [3.8, 4) is 5.75 Å². The summed E-state index contributed by atoms with van der Waals surface area (Å²) in [6.45, 7) is 2.51. The van der Waals surface area contributed by atoms with Gasteiger partial charge in [-0.1, -0.05) is 11.6 Å². The average Bonchev–Trinajstić information content (AvgIpc) is 2.50. The van der Waals surface area contributed by atoms with Crippen LogP contribution in [0.5, 0.6) is 5.75 Å². The third-order valence-corrected chi connectivity index (χ3v) is 5.64. The van der Waals surface area contributed by atoms with E-state index in [9.17, 15) is 13.2 Å². The molecule has 6 nitrogen and oxygen atoms in total. The van der Waals surface area contributed by atoms with E-state index in [0.717, 1.165) is 5.56 Å². The normalized spacial score (nSPS) is 19.4. The predicted molar refractivity (Wildman–Crippen MR) is 90.5 cm³/mol. The molecule has 0 spiro atoms. The fourth-order valence-electron chi connectivity index (χ4n) is 2.62. The monoisotopic (exact) mass is 360 g/mol. The van der Waals surface area contributed by atoms with Gasteiger partial charge in [-0.3, -0.25) is 4.79 Å². The molecule has 1 fully saturated rings. The van der Waals surface area contributed by atoms with Gasteiger partial charge in [0.1, 0.15) is 5.75 Å². The Morgan fingerprint density at radius 3 is 2.74 bits per heavy atom. The van der Waals surface area contributed by atoms with Gasteiger partial charge in [0.05, 0.1) is 25.0 Å². The van der Waals surface area contributed by atoms with E-state index in [1.54, 1.807) is 12.1 Å². The predicted octanol–water partition coefficient (Wildman–Crippen LogP) is 2.27. The molecule has 1 atom stereocenters. The van der Waals surface area contributed by atoms with Crippen LogP contribution >= 0.6 is 11.6 Å². The molecule has 1 aromatic carbocycles. The van der Waals surface area contributed by atoms with E-state index in [0.29, 0.717) is 35.8 Å². The van der Waals surface area contributed by atoms with Crippen molar-refractivity contribution in [3.63, 3.8) is 0 Å². The molecule has 0 saturated carbocycles. The number of hydrogen-bond acceptors (Lipinski definition) is 4. The molecule has 2 rings (SSSR count). The zero-order valence-electron chi connectivity index (χ0n) is 13.4. The molecule has 1 aliphatic rings. The van der Waals surface area contributed by atoms with E-state index in [-0.39, 0.29) is 18.4 Å². The van der Waals surface area contributed by atoms with E-state index >= 15 is 0 Å². The molecule has 1 saturated heterocycles. The first-order valence-corrected chi connectivity index (χ1v) is 9.55. The van der Waals surface area contributed by atoms with E-state index in [4.69, 9.17) is 16.3 Å². The Kier molecular flexibility index (Phi) is 5.54. The number of nitrogens with zero attached hydrogens (tertiary/aromatic N) is 1. The Bertz CT molecular complexity index is 706. The second kappa shape index (κ2) is 7.07. The number of hydrogen-bond donors (Lipinski definition) is 1. The summed E-state index contributed by atoms with van der Waals surface area (Å²) in [5.74, 6) is -0.109. The van der Waals surface area contributed by atoms with E-state index in [1.165, 1.54) is 17.7 Å². The topological polar surface area (TPSA) is 75.7 Å². The van der Waals surface area contributed by atoms with Crippen LogP contribution in [0.4, 0.5) is 5.69 Å². The number of amides is 1. The van der Waals surface area contributed by atoms with Crippen molar-refractivity contribution in [2.75, 3.05) is 31.8 Å². The molecule has 128 valence electrons. The van der Waals surface area contributed by atoms with Crippen molar-refractivity contribution in [3.05, 3.63) is 22.7 Å². The molecule has 1 heterocycles. The van der Waals surface area contributed by atoms with Crippen LogP contribution in [0.15, 0.2) is 12.1 Å². The highest BCUT2D eigenvalue weighted by atomic mass is 35.5. The van der Waals surface area contributed by atoms with Crippen molar-refractivity contribution in [1.29, 1.82) is 0 Å². The largest absolute Gasteiger partial charge is 0.495 e. The van der Waals surface area contributed by atoms with Gasteiger partial charge in [0.2, 0.25) is 15.9 Å². The number of anilines is 1. The van der Waals surface area contributed by atoms with Crippen molar-refractivity contribution < 1.29 is 17.9 Å². The van der Waals surface area contributed by atoms with Gasteiger partial charge in [-0.05, 0) is 31.4 Å². The van der Waals surface area contributed by atoms with Crippen molar-refractivity contribution in [2.45, 2.75) is 19.8 Å². The molecular formula is C15H21ClN2O4S. The number of ether oxygens (including phenoxy) is 1. The number of aryl methyl sites for hydroxylation is 1. The lowest BCUT2D eigenvalue weighted by Crippen LogP contribution is -2.43. The Balaban J connectivity index is 2.14. The number of methoxy groups -OCH3 is 1. The number of carbonyl (C=O) groups excluding carboxylic acids is 1. The van der Waals surface area contributed by atoms with Gasteiger partial charge in [-0.15, -0.1) is 0 Å². The first-order valence-electron chi connectivity index (χ1n) is 7.32. The average molecular weight is 361 g/mol. The van der Waals surface area contributed by atoms with Crippen LogP contribution in [-0.2, 0) is 14.8 Å². The molecule has 0 aliphatic carbocycles. The molecule has 0 aromatic heterocycles. The van der Waals surface area contributed by atoms with Crippen LogP contribution in [0.1, 0.15) is 18.4 Å². The third kappa shape index (κ3) is 4.37. The molecule has 1 unspecified atom stereocenters. The lowest BCUT2D eigenvalue weighted by molar-refractivity contribution is -0.120. The fraction of sp³-hybridized carbons (Fsp3) is 0.533. The summed E-state index contributed by atoms with van der Waals surface area (Å²) in [6, 6.07) is 3.40. The molecule has 1 aromatic rings. The molecule has 23 heavy (non-hydrogen) atoms. The highest BCUT2D eigenvalue weighted by molar-refractivity contribution is 7.88. The Morgan fingerprint density at radius 2 is 2.13 bits per heavy atom. The smallest absolute Gasteiger partial charge is 0.228 e. The molecule has 1 amide bonds. The summed E-state index contributed by atoms with van der Waals surface area (Å²) in [4.78, 5) is 12.5. The molecule has 1 N–H and O–H groups in total. The summed E-state index contributed by atoms with van der Waals surface area (Å²) in [5.41, 5.74) is 1.36. The van der Waals surface area contributed by atoms with Crippen LogP contribution < -0.4 is 10.1 Å². The number of benzene rings is 1. The van der Waals surface area contributed by atoms with Crippen LogP contribution in [0.2, 0.25) is 5.02 Å². The van der Waals surface area contributed by atoms with Gasteiger partial charge in [0.15, 0.2) is 0 Å². The summed E-state index contributed by atoms with van der Waals surface area (Å²) in [7, 11) is -1.78. The van der Waals surface area contributed by atoms with Crippen LogP contribution in [0.25, 0.3) is 0 Å². The van der Waals surface area contributed by atoms with Gasteiger partial charge in [-0.25, -0.2) is 12.7 Å². The summed E-state index contributed by atoms with van der Waals surface area (Å²) < 4.78 is 29.9. The minimum Gasteiger partial charge on any atom is -0.495 e. The summed E-state index contributed by atoms with van der Waals surface area (Å²) in [5, 5.41) is 3.38. The molecule has 8 heteroatoms. The number of sulfonamides is 1. The number of rotatable bonds is 4. The zero-order chi connectivity index (χ0) is 17.2. The maximum atomic E-state index is 12.5. The first kappa shape index (κ1) is 18.0. The molecule has 1 aliphatic heterocycles. The standard InChI is InChI=1S/C15H21ClN2O4S/c1-10-7-13(14(22-2)8-12(10)16)17-15(19)11-5-4-6-18(9-11)23(3,20)21/h7-8,11H,4-6,9H2,1-3H3,(H,17,19). The summed E-state index contributed by atoms with van der Waals surface area (Å²) in [6.07, 6.45) is 2.49. The van der Waals surface area contributed by atoms with Crippen molar-refractivity contribution >= 4 is 33.2 Å². The van der Waals surface area contributed by atoms with Gasteiger partial charge < -0.3 is 10.1 Å². The minimum atomic E-state index is -3.28. The Morgan fingerprint density at radius 1 is 1.43 bits per heavy atom. The fourth-order valence-corrected chi connectivity index (χ4v) is 3.69. The Labute approximate surface area is 141 Å². The van der Waals surface area contributed by atoms with Crippen molar-refractivity contribution in [1.82, 2.24) is 4.31 Å². The Hall–Kier alpha value is -1.31. The zero-order valence-corrected chi connectivity index (χ0v) is 15.0. The van der Waals surface area contributed by atoms with Gasteiger partial charge in [0.25, 0.3) is 0 Å². The van der Waals surface area contributed by atoms with E-state index in [1.807, 2.05) is 6.92 Å². The number of nitrogens with one attached hydrogen (secondary N) is 1. The molecule has 0 radical (unpaired) electrons. The quantitative estimate of drug-likeness (QED) is 0.893. The highest BCUT2D eigenvalue weighted by Gasteiger charge is 2.30. The maximum Gasteiger partial charge on any atom is 0.228 e. The highest BCUT2D eigenvalue weighted by Crippen LogP contribution is 2.31. The number of halogens is 1. The first-order chi connectivity index (χ1) is 10.7. The van der Waals surface area contributed by atoms with Gasteiger partial charge in [-0.2, -0.15) is 0 Å². The molecule has 0 bridgehead atoms. The van der Waals surface area contributed by atoms with E-state index in [2.05, 4.69) is 5.32 Å². The SMILES string of the molecule is COc1cc(Cl)c(C)cc1NC(=O)C1CCCN(S(C)(=O)=O)C1. The second-order valence-corrected chi connectivity index (χ2v) is 8.14. The minimum absolute atomic E-state index is 0.208. The van der Waals surface area contributed by atoms with E-state index < -0.39 is 10.0 Å².